The molecule has 0 aliphatic carbocycles. The number of carbonyl (C=O) groups is 1. The third kappa shape index (κ3) is 5.41. The first-order valence-electron chi connectivity index (χ1n) is 9.50. The molecule has 0 spiro atoms. The Morgan fingerprint density at radius 3 is 2.67 bits per heavy atom. The maximum absolute atomic E-state index is 12.9. The highest BCUT2D eigenvalue weighted by Gasteiger charge is 2.15. The Bertz CT molecular complexity index is 1100. The molecule has 0 radical (unpaired) electrons. The van der Waals surface area contributed by atoms with Crippen LogP contribution in [0.15, 0.2) is 52.4 Å². The predicted molar refractivity (Wildman–Crippen MR) is 121 cm³/mol. The molecule has 3 rings (SSSR count). The summed E-state index contributed by atoms with van der Waals surface area (Å²) in [4.78, 5) is 31.9. The lowest BCUT2D eigenvalue weighted by Gasteiger charge is -2.18. The van der Waals surface area contributed by atoms with Crippen molar-refractivity contribution in [3.63, 3.8) is 0 Å². The van der Waals surface area contributed by atoms with Crippen LogP contribution in [0.4, 0.5) is 0 Å². The molecule has 0 saturated carbocycles. The van der Waals surface area contributed by atoms with Crippen molar-refractivity contribution in [3.05, 3.63) is 69.0 Å². The SMILES string of the molecule is COCCn1c(SCC(=O)N(C)Cc2ccc(C)cc2)nc2cc(Cl)ccc2c1=O. The number of fused-ring (bicyclic) bond motifs is 1. The molecule has 0 fully saturated rings. The molecular weight excluding hydrogens is 422 g/mol. The Kier molecular flexibility index (Phi) is 7.53. The summed E-state index contributed by atoms with van der Waals surface area (Å²) in [7, 11) is 3.35. The second kappa shape index (κ2) is 10.1. The van der Waals surface area contributed by atoms with Crippen LogP contribution in [0.1, 0.15) is 11.1 Å². The molecular formula is C22H24ClN3O3S. The van der Waals surface area contributed by atoms with Crippen LogP contribution in [0.25, 0.3) is 10.9 Å². The van der Waals surface area contributed by atoms with Gasteiger partial charge in [-0.25, -0.2) is 4.98 Å². The third-order valence-corrected chi connectivity index (χ3v) is 5.89. The summed E-state index contributed by atoms with van der Waals surface area (Å²) < 4.78 is 6.69. The van der Waals surface area contributed by atoms with Crippen LogP contribution in [-0.4, -0.2) is 46.9 Å². The number of halogens is 1. The summed E-state index contributed by atoms with van der Waals surface area (Å²) in [6, 6.07) is 13.1. The van der Waals surface area contributed by atoms with Crippen LogP contribution in [0, 0.1) is 6.92 Å². The summed E-state index contributed by atoms with van der Waals surface area (Å²) in [5.41, 5.74) is 2.59. The first-order valence-corrected chi connectivity index (χ1v) is 10.9. The molecule has 1 amide bonds. The van der Waals surface area contributed by atoms with E-state index in [1.807, 2.05) is 31.2 Å². The fraction of sp³-hybridized carbons (Fsp3) is 0.318. The molecule has 2 aromatic carbocycles. The van der Waals surface area contributed by atoms with E-state index < -0.39 is 0 Å². The quantitative estimate of drug-likeness (QED) is 0.390. The number of benzene rings is 2. The molecule has 0 unspecified atom stereocenters. The van der Waals surface area contributed by atoms with E-state index in [1.54, 1.807) is 41.8 Å². The van der Waals surface area contributed by atoms with Gasteiger partial charge in [0, 0.05) is 25.7 Å². The average molecular weight is 446 g/mol. The van der Waals surface area contributed by atoms with Gasteiger partial charge in [0.15, 0.2) is 5.16 Å². The van der Waals surface area contributed by atoms with Gasteiger partial charge < -0.3 is 9.64 Å². The molecule has 3 aromatic rings. The van der Waals surface area contributed by atoms with Crippen molar-refractivity contribution in [2.24, 2.45) is 0 Å². The van der Waals surface area contributed by atoms with Gasteiger partial charge in [-0.1, -0.05) is 53.2 Å². The summed E-state index contributed by atoms with van der Waals surface area (Å²) >= 11 is 7.31. The van der Waals surface area contributed by atoms with Gasteiger partial charge in [-0.05, 0) is 30.7 Å². The topological polar surface area (TPSA) is 64.4 Å². The first-order chi connectivity index (χ1) is 14.4. The number of carbonyl (C=O) groups excluding carboxylic acids is 1. The van der Waals surface area contributed by atoms with Crippen molar-refractivity contribution in [1.29, 1.82) is 0 Å². The van der Waals surface area contributed by atoms with Crippen LogP contribution in [0.5, 0.6) is 0 Å². The molecule has 30 heavy (non-hydrogen) atoms. The van der Waals surface area contributed by atoms with E-state index >= 15 is 0 Å². The molecule has 1 heterocycles. The fourth-order valence-corrected chi connectivity index (χ4v) is 4.09. The number of thioether (sulfide) groups is 1. The lowest BCUT2D eigenvalue weighted by molar-refractivity contribution is -0.127. The number of aromatic nitrogens is 2. The number of nitrogens with zero attached hydrogens (tertiary/aromatic N) is 3. The third-order valence-electron chi connectivity index (χ3n) is 4.69. The van der Waals surface area contributed by atoms with E-state index in [2.05, 4.69) is 4.98 Å². The predicted octanol–water partition coefficient (Wildman–Crippen LogP) is 3.76. The van der Waals surface area contributed by atoms with E-state index in [0.717, 1.165) is 5.56 Å². The molecule has 0 bridgehead atoms. The molecule has 6 nitrogen and oxygen atoms in total. The van der Waals surface area contributed by atoms with E-state index in [4.69, 9.17) is 16.3 Å². The van der Waals surface area contributed by atoms with Gasteiger partial charge in [-0.3, -0.25) is 14.2 Å². The minimum Gasteiger partial charge on any atom is -0.383 e. The molecule has 0 N–H and O–H groups in total. The smallest absolute Gasteiger partial charge is 0.262 e. The summed E-state index contributed by atoms with van der Waals surface area (Å²) in [5.74, 6) is 0.132. The minimum atomic E-state index is -0.170. The molecule has 0 saturated heterocycles. The molecule has 1 aromatic heterocycles. The van der Waals surface area contributed by atoms with Gasteiger partial charge >= 0.3 is 0 Å². The fourth-order valence-electron chi connectivity index (χ4n) is 2.96. The van der Waals surface area contributed by atoms with Crippen molar-refractivity contribution >= 4 is 40.2 Å². The highest BCUT2D eigenvalue weighted by Crippen LogP contribution is 2.21. The number of aryl methyl sites for hydroxylation is 1. The molecule has 0 aliphatic rings. The number of methoxy groups -OCH3 is 1. The zero-order valence-corrected chi connectivity index (χ0v) is 18.8. The Morgan fingerprint density at radius 1 is 1.23 bits per heavy atom. The maximum Gasteiger partial charge on any atom is 0.262 e. The largest absolute Gasteiger partial charge is 0.383 e. The summed E-state index contributed by atoms with van der Waals surface area (Å²) in [6.07, 6.45) is 0. The van der Waals surface area contributed by atoms with Gasteiger partial charge in [-0.15, -0.1) is 0 Å². The average Bonchev–Trinajstić information content (AvgIpc) is 2.72. The van der Waals surface area contributed by atoms with Gasteiger partial charge in [0.05, 0.1) is 29.8 Å². The molecule has 8 heteroatoms. The van der Waals surface area contributed by atoms with Crippen LogP contribution in [-0.2, 0) is 22.6 Å². The van der Waals surface area contributed by atoms with Crippen molar-refractivity contribution in [3.8, 4) is 0 Å². The number of ether oxygens (including phenoxy) is 1. The van der Waals surface area contributed by atoms with E-state index in [9.17, 15) is 9.59 Å². The normalized spacial score (nSPS) is 11.1. The molecule has 0 atom stereocenters. The number of rotatable bonds is 8. The lowest BCUT2D eigenvalue weighted by Crippen LogP contribution is -2.29. The van der Waals surface area contributed by atoms with E-state index in [0.29, 0.717) is 40.8 Å². The number of hydrogen-bond donors (Lipinski definition) is 0. The van der Waals surface area contributed by atoms with Crippen LogP contribution < -0.4 is 5.56 Å². The van der Waals surface area contributed by atoms with Crippen molar-refractivity contribution in [2.45, 2.75) is 25.2 Å². The van der Waals surface area contributed by atoms with Crippen molar-refractivity contribution in [2.75, 3.05) is 26.5 Å². The van der Waals surface area contributed by atoms with Crippen LogP contribution in [0.3, 0.4) is 0 Å². The molecule has 0 aliphatic heterocycles. The number of hydrogen-bond acceptors (Lipinski definition) is 5. The van der Waals surface area contributed by atoms with Gasteiger partial charge in [-0.2, -0.15) is 0 Å². The van der Waals surface area contributed by atoms with Gasteiger partial charge in [0.2, 0.25) is 5.91 Å². The van der Waals surface area contributed by atoms with Crippen LogP contribution in [0.2, 0.25) is 5.02 Å². The Balaban J connectivity index is 1.78. The first kappa shape index (κ1) is 22.3. The maximum atomic E-state index is 12.9. The minimum absolute atomic E-state index is 0.0423. The van der Waals surface area contributed by atoms with E-state index in [-0.39, 0.29) is 17.2 Å². The van der Waals surface area contributed by atoms with E-state index in [1.165, 1.54) is 17.3 Å². The monoisotopic (exact) mass is 445 g/mol. The van der Waals surface area contributed by atoms with Gasteiger partial charge in [0.1, 0.15) is 0 Å². The number of amides is 1. The summed E-state index contributed by atoms with van der Waals surface area (Å²) in [6.45, 7) is 3.28. The molecule has 158 valence electrons. The highest BCUT2D eigenvalue weighted by molar-refractivity contribution is 7.99. The zero-order valence-electron chi connectivity index (χ0n) is 17.2. The second-order valence-corrected chi connectivity index (χ2v) is 8.41. The Labute approximate surface area is 184 Å². The van der Waals surface area contributed by atoms with Gasteiger partial charge in [0.25, 0.3) is 5.56 Å². The standard InChI is InChI=1S/C22H24ClN3O3S/c1-15-4-6-16(7-5-15)13-25(2)20(27)14-30-22-24-19-12-17(23)8-9-18(19)21(28)26(22)10-11-29-3/h4-9,12H,10-11,13-14H2,1-3H3. The lowest BCUT2D eigenvalue weighted by atomic mass is 10.1. The Hall–Kier alpha value is -2.35. The van der Waals surface area contributed by atoms with Crippen molar-refractivity contribution in [1.82, 2.24) is 14.5 Å². The van der Waals surface area contributed by atoms with Crippen LogP contribution >= 0.6 is 23.4 Å². The Morgan fingerprint density at radius 2 is 1.97 bits per heavy atom. The van der Waals surface area contributed by atoms with Crippen molar-refractivity contribution < 1.29 is 9.53 Å². The highest BCUT2D eigenvalue weighted by atomic mass is 35.5. The summed E-state index contributed by atoms with van der Waals surface area (Å²) in [5, 5.41) is 1.47. The second-order valence-electron chi connectivity index (χ2n) is 7.03. The zero-order chi connectivity index (χ0) is 21.7.